The zero-order valence-corrected chi connectivity index (χ0v) is 14.3. The molecule has 0 N–H and O–H groups in total. The molecule has 1 aliphatic heterocycles. The summed E-state index contributed by atoms with van der Waals surface area (Å²) in [5, 5.41) is 0. The van der Waals surface area contributed by atoms with Crippen LogP contribution >= 0.6 is 24.0 Å². The van der Waals surface area contributed by atoms with E-state index in [1.54, 1.807) is 0 Å². The molecule has 0 aromatic carbocycles. The fourth-order valence-corrected chi connectivity index (χ4v) is 3.64. The number of hydrogen-bond donors (Lipinski definition) is 0. The van der Waals surface area contributed by atoms with Crippen LogP contribution in [0.3, 0.4) is 0 Å². The summed E-state index contributed by atoms with van der Waals surface area (Å²) in [5.74, 6) is 1.20. The first-order valence-corrected chi connectivity index (χ1v) is 9.31. The molecule has 19 heavy (non-hydrogen) atoms. The molecule has 0 spiro atoms. The summed E-state index contributed by atoms with van der Waals surface area (Å²) in [6.45, 7) is 10.4. The maximum absolute atomic E-state index is 5.55. The molecule has 0 bridgehead atoms. The van der Waals surface area contributed by atoms with Gasteiger partial charge in [-0.2, -0.15) is 0 Å². The van der Waals surface area contributed by atoms with Crippen LogP contribution < -0.4 is 0 Å². The quantitative estimate of drug-likeness (QED) is 0.493. The predicted octanol–water partition coefficient (Wildman–Crippen LogP) is 4.00. The number of piperazine rings is 1. The van der Waals surface area contributed by atoms with E-state index in [-0.39, 0.29) is 0 Å². The van der Waals surface area contributed by atoms with Crippen LogP contribution in [0.2, 0.25) is 0 Å². The number of nitrogens with zero attached hydrogens (tertiary/aromatic N) is 2. The minimum Gasteiger partial charge on any atom is -0.355 e. The van der Waals surface area contributed by atoms with Crippen LogP contribution in [0, 0.1) is 0 Å². The molecule has 0 aromatic rings. The largest absolute Gasteiger partial charge is 0.355 e. The first-order chi connectivity index (χ1) is 9.27. The van der Waals surface area contributed by atoms with Crippen LogP contribution in [-0.2, 0) is 0 Å². The molecule has 0 atom stereocenters. The Kier molecular flexibility index (Phi) is 9.92. The van der Waals surface area contributed by atoms with Crippen molar-refractivity contribution in [1.82, 2.24) is 9.80 Å². The average Bonchev–Trinajstić information content (AvgIpc) is 2.45. The predicted molar refractivity (Wildman–Crippen MR) is 92.1 cm³/mol. The Balaban J connectivity index is 2.07. The first kappa shape index (κ1) is 17.3. The molecule has 0 radical (unpaired) electrons. The van der Waals surface area contributed by atoms with Gasteiger partial charge in [0, 0.05) is 31.9 Å². The van der Waals surface area contributed by atoms with Crippen LogP contribution in [0.5, 0.6) is 0 Å². The summed E-state index contributed by atoms with van der Waals surface area (Å²) in [6, 6.07) is 0. The van der Waals surface area contributed by atoms with Crippen LogP contribution in [-0.4, -0.2) is 52.6 Å². The van der Waals surface area contributed by atoms with E-state index in [9.17, 15) is 0 Å². The van der Waals surface area contributed by atoms with Gasteiger partial charge in [-0.25, -0.2) is 0 Å². The molecule has 4 heteroatoms. The third-order valence-electron chi connectivity index (χ3n) is 3.68. The number of rotatable bonds is 8. The zero-order chi connectivity index (χ0) is 13.9. The minimum absolute atomic E-state index is 1.13. The third kappa shape index (κ3) is 7.52. The average molecular weight is 303 g/mol. The fraction of sp³-hybridized carbons (Fsp3) is 0.933. The Bertz CT molecular complexity index is 238. The molecule has 1 heterocycles. The zero-order valence-electron chi connectivity index (χ0n) is 12.7. The van der Waals surface area contributed by atoms with Crippen molar-refractivity contribution in [2.24, 2.45) is 0 Å². The Hall–Kier alpha value is 0.200. The highest BCUT2D eigenvalue weighted by atomic mass is 32.2. The lowest BCUT2D eigenvalue weighted by atomic mass is 10.2. The fourth-order valence-electron chi connectivity index (χ4n) is 2.32. The SMILES string of the molecule is CCCCCCSC(=S)N1CCN(CCCC)CC1. The van der Waals surface area contributed by atoms with Gasteiger partial charge in [0.05, 0.1) is 0 Å². The van der Waals surface area contributed by atoms with E-state index in [4.69, 9.17) is 12.2 Å². The van der Waals surface area contributed by atoms with Gasteiger partial charge in [-0.1, -0.05) is 63.5 Å². The topological polar surface area (TPSA) is 6.48 Å². The van der Waals surface area contributed by atoms with Crippen LogP contribution in [0.4, 0.5) is 0 Å². The summed E-state index contributed by atoms with van der Waals surface area (Å²) < 4.78 is 1.13. The van der Waals surface area contributed by atoms with Gasteiger partial charge < -0.3 is 4.90 Å². The second-order valence-electron chi connectivity index (χ2n) is 5.36. The molecule has 0 aliphatic carbocycles. The Morgan fingerprint density at radius 3 is 2.26 bits per heavy atom. The standard InChI is InChI=1S/C15H30N2S2/c1-3-5-7-8-14-19-15(18)17-12-10-16(11-13-17)9-6-4-2/h3-14H2,1-2H3. The molecular formula is C15H30N2S2. The third-order valence-corrected chi connectivity index (χ3v) is 5.29. The van der Waals surface area contributed by atoms with Gasteiger partial charge in [0.2, 0.25) is 0 Å². The molecule has 1 aliphatic rings. The lowest BCUT2D eigenvalue weighted by molar-refractivity contribution is 0.183. The highest BCUT2D eigenvalue weighted by Gasteiger charge is 2.18. The maximum Gasteiger partial charge on any atom is 0.136 e. The van der Waals surface area contributed by atoms with Crippen molar-refractivity contribution in [3.05, 3.63) is 0 Å². The summed E-state index contributed by atoms with van der Waals surface area (Å²) in [6.07, 6.45) is 7.98. The molecule has 2 nitrogen and oxygen atoms in total. The molecule has 1 saturated heterocycles. The van der Waals surface area contributed by atoms with Gasteiger partial charge in [0.15, 0.2) is 0 Å². The van der Waals surface area contributed by atoms with E-state index in [0.29, 0.717) is 0 Å². The summed E-state index contributed by atoms with van der Waals surface area (Å²) in [4.78, 5) is 4.98. The molecule has 0 saturated carbocycles. The van der Waals surface area contributed by atoms with Crippen molar-refractivity contribution in [2.75, 3.05) is 38.5 Å². The summed E-state index contributed by atoms with van der Waals surface area (Å²) in [5.41, 5.74) is 0. The van der Waals surface area contributed by atoms with Crippen molar-refractivity contribution in [2.45, 2.75) is 52.4 Å². The molecule has 0 amide bonds. The Labute approximate surface area is 129 Å². The number of thiocarbonyl (C=S) groups is 1. The van der Waals surface area contributed by atoms with Crippen molar-refractivity contribution >= 4 is 28.3 Å². The van der Waals surface area contributed by atoms with Crippen molar-refractivity contribution in [3.63, 3.8) is 0 Å². The van der Waals surface area contributed by atoms with E-state index < -0.39 is 0 Å². The van der Waals surface area contributed by atoms with Crippen molar-refractivity contribution < 1.29 is 0 Å². The van der Waals surface area contributed by atoms with Gasteiger partial charge in [-0.15, -0.1) is 0 Å². The minimum atomic E-state index is 1.13. The van der Waals surface area contributed by atoms with E-state index in [1.165, 1.54) is 63.9 Å². The molecular weight excluding hydrogens is 272 g/mol. The van der Waals surface area contributed by atoms with Crippen LogP contribution in [0.1, 0.15) is 52.4 Å². The first-order valence-electron chi connectivity index (χ1n) is 7.92. The van der Waals surface area contributed by atoms with Crippen molar-refractivity contribution in [1.29, 1.82) is 0 Å². The van der Waals surface area contributed by atoms with Crippen LogP contribution in [0.15, 0.2) is 0 Å². The monoisotopic (exact) mass is 302 g/mol. The van der Waals surface area contributed by atoms with Gasteiger partial charge in [0.25, 0.3) is 0 Å². The molecule has 1 fully saturated rings. The van der Waals surface area contributed by atoms with E-state index in [0.717, 1.165) is 17.4 Å². The number of thioether (sulfide) groups is 1. The second-order valence-corrected chi connectivity index (χ2v) is 7.09. The van der Waals surface area contributed by atoms with E-state index in [2.05, 4.69) is 23.6 Å². The van der Waals surface area contributed by atoms with Gasteiger partial charge >= 0.3 is 0 Å². The van der Waals surface area contributed by atoms with Gasteiger partial charge in [-0.3, -0.25) is 4.90 Å². The molecule has 0 unspecified atom stereocenters. The smallest absolute Gasteiger partial charge is 0.136 e. The molecule has 0 aromatic heterocycles. The highest BCUT2D eigenvalue weighted by Crippen LogP contribution is 2.15. The molecule has 112 valence electrons. The van der Waals surface area contributed by atoms with E-state index in [1.807, 2.05) is 11.8 Å². The lowest BCUT2D eigenvalue weighted by Gasteiger charge is -2.35. The highest BCUT2D eigenvalue weighted by molar-refractivity contribution is 8.22. The normalized spacial score (nSPS) is 16.8. The Morgan fingerprint density at radius 2 is 1.63 bits per heavy atom. The summed E-state index contributed by atoms with van der Waals surface area (Å²) >= 11 is 7.44. The second kappa shape index (κ2) is 10.9. The lowest BCUT2D eigenvalue weighted by Crippen LogP contribution is -2.47. The number of unbranched alkanes of at least 4 members (excludes halogenated alkanes) is 4. The van der Waals surface area contributed by atoms with E-state index >= 15 is 0 Å². The van der Waals surface area contributed by atoms with Gasteiger partial charge in [-0.05, 0) is 19.4 Å². The Morgan fingerprint density at radius 1 is 0.947 bits per heavy atom. The van der Waals surface area contributed by atoms with Crippen LogP contribution in [0.25, 0.3) is 0 Å². The molecule has 1 rings (SSSR count). The summed E-state index contributed by atoms with van der Waals surface area (Å²) in [7, 11) is 0. The van der Waals surface area contributed by atoms with Crippen molar-refractivity contribution in [3.8, 4) is 0 Å². The van der Waals surface area contributed by atoms with Gasteiger partial charge in [0.1, 0.15) is 4.32 Å². The number of hydrogen-bond acceptors (Lipinski definition) is 3. The maximum atomic E-state index is 5.55.